The molecule has 0 amide bonds. The number of esters is 2. The first-order valence-corrected chi connectivity index (χ1v) is 13.4. The van der Waals surface area contributed by atoms with E-state index >= 15 is 0 Å². The standard InChI is InChI=1S/C29H29O8P/c1-3-5-7-9-11-13-14-15-17-18-20-22-24-27(30)35-26-29(37-38(32,33)34)36-28(31)25-23-21-19-16-12-10-8-6-4-2/h1,29H,4,6,8,10,12,16,19,21,23,25-26H2,2H3,(H2,32,33,34)/t29-/m1/s1. The molecule has 2 N–H and O–H groups in total. The summed E-state index contributed by atoms with van der Waals surface area (Å²) >= 11 is 0. The summed E-state index contributed by atoms with van der Waals surface area (Å²) in [6.45, 7) is 1.40. The smallest absolute Gasteiger partial charge is 0.449 e. The summed E-state index contributed by atoms with van der Waals surface area (Å²) in [4.78, 5) is 41.7. The summed E-state index contributed by atoms with van der Waals surface area (Å²) in [6, 6.07) is 0. The highest BCUT2D eigenvalue weighted by molar-refractivity contribution is 7.46. The zero-order chi connectivity index (χ0) is 28.3. The van der Waals surface area contributed by atoms with E-state index in [0.29, 0.717) is 6.42 Å². The van der Waals surface area contributed by atoms with Crippen molar-refractivity contribution < 1.29 is 37.9 Å². The minimum atomic E-state index is -5.02. The van der Waals surface area contributed by atoms with Crippen LogP contribution in [0.25, 0.3) is 0 Å². The molecule has 8 nitrogen and oxygen atoms in total. The van der Waals surface area contributed by atoms with Gasteiger partial charge in [0.2, 0.25) is 6.29 Å². The number of rotatable bonds is 15. The van der Waals surface area contributed by atoms with Crippen molar-refractivity contribution in [1.29, 1.82) is 0 Å². The maximum atomic E-state index is 12.0. The van der Waals surface area contributed by atoms with Crippen LogP contribution in [0.2, 0.25) is 0 Å². The molecule has 0 saturated carbocycles. The van der Waals surface area contributed by atoms with E-state index in [-0.39, 0.29) is 6.42 Å². The molecule has 0 aromatic heterocycles. The van der Waals surface area contributed by atoms with Gasteiger partial charge < -0.3 is 19.3 Å². The van der Waals surface area contributed by atoms with Crippen LogP contribution < -0.4 is 0 Å². The second-order valence-electron chi connectivity index (χ2n) is 7.34. The van der Waals surface area contributed by atoms with E-state index in [0.717, 1.165) is 25.7 Å². The van der Waals surface area contributed by atoms with Gasteiger partial charge in [0.05, 0.1) is 0 Å². The minimum absolute atomic E-state index is 0.0397. The Kier molecular flexibility index (Phi) is 20.9. The Bertz CT molecular complexity index is 1230. The third-order valence-corrected chi connectivity index (χ3v) is 4.72. The predicted molar refractivity (Wildman–Crippen MR) is 141 cm³/mol. The molecule has 0 unspecified atom stereocenters. The van der Waals surface area contributed by atoms with Gasteiger partial charge in [-0.15, -0.1) is 6.42 Å². The Morgan fingerprint density at radius 3 is 1.74 bits per heavy atom. The minimum Gasteiger partial charge on any atom is -0.449 e. The van der Waals surface area contributed by atoms with E-state index in [9.17, 15) is 14.2 Å². The normalized spacial score (nSPS) is 9.63. The van der Waals surface area contributed by atoms with Crippen molar-refractivity contribution in [3.8, 4) is 83.4 Å². The Labute approximate surface area is 225 Å². The molecule has 0 aromatic rings. The average Bonchev–Trinajstić information content (AvgIpc) is 2.86. The van der Waals surface area contributed by atoms with Gasteiger partial charge in [0.25, 0.3) is 0 Å². The van der Waals surface area contributed by atoms with E-state index in [4.69, 9.17) is 25.7 Å². The van der Waals surface area contributed by atoms with Gasteiger partial charge >= 0.3 is 19.8 Å². The molecule has 0 saturated heterocycles. The maximum Gasteiger partial charge on any atom is 0.472 e. The van der Waals surface area contributed by atoms with Crippen LogP contribution in [0, 0.1) is 83.4 Å². The van der Waals surface area contributed by atoms with Crippen LogP contribution in [0.5, 0.6) is 0 Å². The van der Waals surface area contributed by atoms with Crippen LogP contribution in [0.15, 0.2) is 0 Å². The van der Waals surface area contributed by atoms with Crippen LogP contribution >= 0.6 is 7.82 Å². The third kappa shape index (κ3) is 25.1. The number of carbonyl (C=O) groups excluding carboxylic acids is 2. The van der Waals surface area contributed by atoms with E-state index in [1.165, 1.54) is 25.7 Å². The molecule has 0 bridgehead atoms. The molecule has 38 heavy (non-hydrogen) atoms. The summed E-state index contributed by atoms with van der Waals surface area (Å²) in [5.41, 5.74) is 0. The SMILES string of the molecule is C#CC#CC#CC#CC#CC#CC#CC(=O)OC[C@H](OC(=O)CCCCCCCCCCC)OP(=O)(O)O. The van der Waals surface area contributed by atoms with Crippen LogP contribution in [-0.2, 0) is 28.2 Å². The average molecular weight is 537 g/mol. The van der Waals surface area contributed by atoms with Crippen molar-refractivity contribution in [3.63, 3.8) is 0 Å². The van der Waals surface area contributed by atoms with E-state index in [2.05, 4.69) is 82.5 Å². The van der Waals surface area contributed by atoms with E-state index in [1.807, 2.05) is 5.92 Å². The zero-order valence-corrected chi connectivity index (χ0v) is 22.1. The van der Waals surface area contributed by atoms with E-state index < -0.39 is 32.7 Å². The predicted octanol–water partition coefficient (Wildman–Crippen LogP) is 3.08. The van der Waals surface area contributed by atoms with Gasteiger partial charge in [0, 0.05) is 12.3 Å². The largest absolute Gasteiger partial charge is 0.472 e. The van der Waals surface area contributed by atoms with Crippen molar-refractivity contribution in [2.75, 3.05) is 6.61 Å². The summed E-state index contributed by atoms with van der Waals surface area (Å²) in [6.07, 6.45) is 12.7. The fraction of sp³-hybridized carbons (Fsp3) is 0.448. The maximum absolute atomic E-state index is 12.0. The highest BCUT2D eigenvalue weighted by Crippen LogP contribution is 2.38. The topological polar surface area (TPSA) is 119 Å². The fourth-order valence-electron chi connectivity index (χ4n) is 2.60. The Hall–Kier alpha value is -4.03. The van der Waals surface area contributed by atoms with Crippen molar-refractivity contribution in [2.45, 2.75) is 77.4 Å². The number of phosphoric ester groups is 1. The number of ether oxygens (including phenoxy) is 2. The summed E-state index contributed by atoms with van der Waals surface area (Å²) in [5, 5.41) is 0. The Morgan fingerprint density at radius 1 is 0.763 bits per heavy atom. The van der Waals surface area contributed by atoms with Gasteiger partial charge in [-0.1, -0.05) is 58.3 Å². The second kappa shape index (κ2) is 23.4. The molecule has 0 radical (unpaired) electrons. The first kappa shape index (κ1) is 34.0. The molecule has 0 fully saturated rings. The Morgan fingerprint density at radius 2 is 1.24 bits per heavy atom. The van der Waals surface area contributed by atoms with Crippen molar-refractivity contribution >= 4 is 19.8 Å². The summed E-state index contributed by atoms with van der Waals surface area (Å²) in [7, 11) is -5.02. The molecule has 0 aliphatic carbocycles. The lowest BCUT2D eigenvalue weighted by Crippen LogP contribution is -2.27. The highest BCUT2D eigenvalue weighted by atomic mass is 31.2. The quantitative estimate of drug-likeness (QED) is 0.0819. The van der Waals surface area contributed by atoms with Gasteiger partial charge in [-0.3, -0.25) is 4.79 Å². The van der Waals surface area contributed by atoms with E-state index in [1.54, 1.807) is 0 Å². The van der Waals surface area contributed by atoms with Crippen LogP contribution in [0.4, 0.5) is 0 Å². The van der Waals surface area contributed by atoms with Crippen LogP contribution in [0.3, 0.4) is 0 Å². The first-order chi connectivity index (χ1) is 18.3. The molecular formula is C29H29O8P. The molecule has 0 aliphatic heterocycles. The molecule has 198 valence electrons. The highest BCUT2D eigenvalue weighted by Gasteiger charge is 2.26. The Balaban J connectivity index is 4.51. The number of carbonyl (C=O) groups is 2. The number of hydrogen-bond acceptors (Lipinski definition) is 6. The lowest BCUT2D eigenvalue weighted by Gasteiger charge is -2.18. The molecule has 9 heteroatoms. The molecule has 0 heterocycles. The number of terminal acetylenes is 1. The van der Waals surface area contributed by atoms with Gasteiger partial charge in [0.15, 0.2) is 6.61 Å². The van der Waals surface area contributed by atoms with Gasteiger partial charge in [-0.25, -0.2) is 13.9 Å². The van der Waals surface area contributed by atoms with Crippen molar-refractivity contribution in [3.05, 3.63) is 0 Å². The van der Waals surface area contributed by atoms with Crippen molar-refractivity contribution in [2.24, 2.45) is 0 Å². The molecule has 0 aromatic carbocycles. The zero-order valence-electron chi connectivity index (χ0n) is 21.2. The number of hydrogen-bond donors (Lipinski definition) is 2. The van der Waals surface area contributed by atoms with Crippen LogP contribution in [-0.4, -0.2) is 34.6 Å². The van der Waals surface area contributed by atoms with Crippen molar-refractivity contribution in [1.82, 2.24) is 0 Å². The summed E-state index contributed by atoms with van der Waals surface area (Å²) < 4.78 is 25.2. The third-order valence-electron chi connectivity index (χ3n) is 4.21. The lowest BCUT2D eigenvalue weighted by atomic mass is 10.1. The molecule has 0 aliphatic rings. The van der Waals surface area contributed by atoms with Gasteiger partial charge in [0.1, 0.15) is 0 Å². The lowest BCUT2D eigenvalue weighted by molar-refractivity contribution is -0.177. The molecule has 0 spiro atoms. The molecule has 0 rings (SSSR count). The fourth-order valence-corrected chi connectivity index (χ4v) is 3.01. The first-order valence-electron chi connectivity index (χ1n) is 11.8. The van der Waals surface area contributed by atoms with Gasteiger partial charge in [-0.05, 0) is 77.5 Å². The molecule has 1 atom stereocenters. The second-order valence-corrected chi connectivity index (χ2v) is 8.53. The number of phosphoric acid groups is 1. The van der Waals surface area contributed by atoms with Crippen LogP contribution in [0.1, 0.15) is 71.1 Å². The molecular weight excluding hydrogens is 507 g/mol. The monoisotopic (exact) mass is 536 g/mol. The number of unbranched alkanes of at least 4 members (excludes halogenated alkanes) is 8. The van der Waals surface area contributed by atoms with Gasteiger partial charge in [-0.2, -0.15) is 0 Å². The summed E-state index contributed by atoms with van der Waals surface area (Å²) in [5.74, 6) is 28.1.